The molecule has 0 aromatic heterocycles. The fourth-order valence-corrected chi connectivity index (χ4v) is 2.69. The van der Waals surface area contributed by atoms with Crippen molar-refractivity contribution < 1.29 is 4.74 Å². The standard InChI is InChI=1S/C17H25N3OS/c1-14(2)12-18-17(22)20-10-8-19(9-11-20)13-15-4-6-16(21-3)7-5-15/h4-7H,1,8-13H2,2-3H3,(H,18,22). The lowest BCUT2D eigenvalue weighted by Gasteiger charge is -2.36. The molecule has 4 nitrogen and oxygen atoms in total. The lowest BCUT2D eigenvalue weighted by molar-refractivity contribution is 0.174. The van der Waals surface area contributed by atoms with Crippen molar-refractivity contribution in [3.63, 3.8) is 0 Å². The van der Waals surface area contributed by atoms with Gasteiger partial charge in [-0.3, -0.25) is 4.90 Å². The number of rotatable bonds is 5. The molecule has 0 atom stereocenters. The molecular weight excluding hydrogens is 294 g/mol. The van der Waals surface area contributed by atoms with Gasteiger partial charge in [-0.1, -0.05) is 24.3 Å². The van der Waals surface area contributed by atoms with Gasteiger partial charge in [0.2, 0.25) is 0 Å². The molecule has 1 aliphatic heterocycles. The van der Waals surface area contributed by atoms with Gasteiger partial charge in [-0.25, -0.2) is 0 Å². The molecule has 1 aliphatic rings. The van der Waals surface area contributed by atoms with Crippen LogP contribution >= 0.6 is 12.2 Å². The Labute approximate surface area is 138 Å². The number of nitrogens with zero attached hydrogens (tertiary/aromatic N) is 2. The molecular formula is C17H25N3OS. The lowest BCUT2D eigenvalue weighted by Crippen LogP contribution is -2.51. The summed E-state index contributed by atoms with van der Waals surface area (Å²) in [5.74, 6) is 0.905. The van der Waals surface area contributed by atoms with E-state index in [1.807, 2.05) is 19.1 Å². The summed E-state index contributed by atoms with van der Waals surface area (Å²) >= 11 is 5.43. The molecule has 0 spiro atoms. The Kier molecular flexibility index (Phi) is 6.21. The monoisotopic (exact) mass is 319 g/mol. The van der Waals surface area contributed by atoms with E-state index in [9.17, 15) is 0 Å². The molecule has 1 aromatic carbocycles. The van der Waals surface area contributed by atoms with E-state index in [1.54, 1.807) is 7.11 Å². The van der Waals surface area contributed by atoms with E-state index >= 15 is 0 Å². The Bertz CT molecular complexity index is 507. The maximum absolute atomic E-state index is 5.43. The number of piperazine rings is 1. The molecule has 0 amide bonds. The molecule has 2 rings (SSSR count). The van der Waals surface area contributed by atoms with Crippen LogP contribution in [0.15, 0.2) is 36.4 Å². The van der Waals surface area contributed by atoms with Crippen LogP contribution in [0.3, 0.4) is 0 Å². The van der Waals surface area contributed by atoms with Crippen molar-refractivity contribution in [2.75, 3.05) is 39.8 Å². The normalized spacial score (nSPS) is 15.5. The number of benzene rings is 1. The number of hydrogen-bond donors (Lipinski definition) is 1. The van der Waals surface area contributed by atoms with Crippen molar-refractivity contribution >= 4 is 17.3 Å². The Morgan fingerprint density at radius 2 is 1.86 bits per heavy atom. The summed E-state index contributed by atoms with van der Waals surface area (Å²) in [6.45, 7) is 11.6. The highest BCUT2D eigenvalue weighted by molar-refractivity contribution is 7.80. The summed E-state index contributed by atoms with van der Waals surface area (Å²) in [6.07, 6.45) is 0. The number of methoxy groups -OCH3 is 1. The first kappa shape index (κ1) is 16.8. The molecule has 22 heavy (non-hydrogen) atoms. The summed E-state index contributed by atoms with van der Waals surface area (Å²) in [4.78, 5) is 4.70. The van der Waals surface area contributed by atoms with Crippen molar-refractivity contribution in [3.8, 4) is 5.75 Å². The van der Waals surface area contributed by atoms with Crippen LogP contribution in [0, 0.1) is 0 Å². The Hall–Kier alpha value is -1.59. The van der Waals surface area contributed by atoms with E-state index in [1.165, 1.54) is 5.56 Å². The van der Waals surface area contributed by atoms with E-state index in [4.69, 9.17) is 17.0 Å². The largest absolute Gasteiger partial charge is 0.497 e. The Balaban J connectivity index is 1.76. The SMILES string of the molecule is C=C(C)CNC(=S)N1CCN(Cc2ccc(OC)cc2)CC1. The highest BCUT2D eigenvalue weighted by Crippen LogP contribution is 2.14. The Morgan fingerprint density at radius 3 is 2.41 bits per heavy atom. The molecule has 120 valence electrons. The van der Waals surface area contributed by atoms with Gasteiger partial charge in [-0.05, 0) is 36.8 Å². The molecule has 0 saturated carbocycles. The molecule has 1 fully saturated rings. The fourth-order valence-electron chi connectivity index (χ4n) is 2.44. The van der Waals surface area contributed by atoms with E-state index in [0.29, 0.717) is 0 Å². The van der Waals surface area contributed by atoms with Gasteiger partial charge in [0, 0.05) is 39.3 Å². The van der Waals surface area contributed by atoms with Crippen molar-refractivity contribution in [2.45, 2.75) is 13.5 Å². The van der Waals surface area contributed by atoms with Crippen molar-refractivity contribution in [1.82, 2.24) is 15.1 Å². The topological polar surface area (TPSA) is 27.7 Å². The van der Waals surface area contributed by atoms with Crippen LogP contribution in [0.1, 0.15) is 12.5 Å². The zero-order valence-corrected chi connectivity index (χ0v) is 14.3. The Morgan fingerprint density at radius 1 is 1.23 bits per heavy atom. The molecule has 5 heteroatoms. The number of nitrogens with one attached hydrogen (secondary N) is 1. The second-order valence-corrected chi connectivity index (χ2v) is 6.11. The van der Waals surface area contributed by atoms with E-state index < -0.39 is 0 Å². The van der Waals surface area contributed by atoms with Crippen LogP contribution in [0.25, 0.3) is 0 Å². The summed E-state index contributed by atoms with van der Waals surface area (Å²) < 4.78 is 5.19. The quantitative estimate of drug-likeness (QED) is 0.664. The zero-order valence-electron chi connectivity index (χ0n) is 13.5. The maximum Gasteiger partial charge on any atom is 0.169 e. The van der Waals surface area contributed by atoms with E-state index in [-0.39, 0.29) is 0 Å². The summed E-state index contributed by atoms with van der Waals surface area (Å²) in [5, 5.41) is 4.09. The summed E-state index contributed by atoms with van der Waals surface area (Å²) in [6, 6.07) is 8.29. The van der Waals surface area contributed by atoms with Crippen LogP contribution in [0.4, 0.5) is 0 Å². The molecule has 1 aromatic rings. The molecule has 0 bridgehead atoms. The number of hydrogen-bond acceptors (Lipinski definition) is 3. The van der Waals surface area contributed by atoms with Gasteiger partial charge >= 0.3 is 0 Å². The van der Waals surface area contributed by atoms with E-state index in [0.717, 1.165) is 55.7 Å². The van der Waals surface area contributed by atoms with Crippen molar-refractivity contribution in [1.29, 1.82) is 0 Å². The molecule has 1 saturated heterocycles. The van der Waals surface area contributed by atoms with Crippen LogP contribution in [0.2, 0.25) is 0 Å². The van der Waals surface area contributed by atoms with E-state index in [2.05, 4.69) is 33.8 Å². The van der Waals surface area contributed by atoms with Crippen LogP contribution in [0.5, 0.6) is 5.75 Å². The lowest BCUT2D eigenvalue weighted by atomic mass is 10.2. The van der Waals surface area contributed by atoms with Gasteiger partial charge < -0.3 is 15.0 Å². The average Bonchev–Trinajstić information content (AvgIpc) is 2.54. The summed E-state index contributed by atoms with van der Waals surface area (Å²) in [5.41, 5.74) is 2.41. The second-order valence-electron chi connectivity index (χ2n) is 5.73. The highest BCUT2D eigenvalue weighted by atomic mass is 32.1. The predicted molar refractivity (Wildman–Crippen MR) is 95.3 cm³/mol. The third kappa shape index (κ3) is 5.00. The third-order valence-corrected chi connectivity index (χ3v) is 4.17. The van der Waals surface area contributed by atoms with Crippen LogP contribution in [-0.4, -0.2) is 54.7 Å². The first-order chi connectivity index (χ1) is 10.6. The van der Waals surface area contributed by atoms with Gasteiger partial charge in [0.05, 0.1) is 7.11 Å². The number of thiocarbonyl (C=S) groups is 1. The predicted octanol–water partition coefficient (Wildman–Crippen LogP) is 2.26. The van der Waals surface area contributed by atoms with Gasteiger partial charge in [0.1, 0.15) is 5.75 Å². The second kappa shape index (κ2) is 8.15. The third-order valence-electron chi connectivity index (χ3n) is 3.77. The molecule has 0 aliphatic carbocycles. The van der Waals surface area contributed by atoms with Gasteiger partial charge in [-0.15, -0.1) is 0 Å². The van der Waals surface area contributed by atoms with Gasteiger partial charge in [-0.2, -0.15) is 0 Å². The minimum atomic E-state index is 0.755. The molecule has 1 heterocycles. The van der Waals surface area contributed by atoms with Crippen molar-refractivity contribution in [3.05, 3.63) is 42.0 Å². The first-order valence-corrected chi connectivity index (χ1v) is 8.02. The van der Waals surface area contributed by atoms with Crippen LogP contribution in [-0.2, 0) is 6.54 Å². The van der Waals surface area contributed by atoms with Crippen LogP contribution < -0.4 is 10.1 Å². The maximum atomic E-state index is 5.43. The van der Waals surface area contributed by atoms with Gasteiger partial charge in [0.15, 0.2) is 5.11 Å². The first-order valence-electron chi connectivity index (χ1n) is 7.61. The molecule has 1 N–H and O–H groups in total. The highest BCUT2D eigenvalue weighted by Gasteiger charge is 2.18. The zero-order chi connectivity index (χ0) is 15.9. The smallest absolute Gasteiger partial charge is 0.169 e. The average molecular weight is 319 g/mol. The summed E-state index contributed by atoms with van der Waals surface area (Å²) in [7, 11) is 1.69. The fraction of sp³-hybridized carbons (Fsp3) is 0.471. The minimum Gasteiger partial charge on any atom is -0.497 e. The van der Waals surface area contributed by atoms with Gasteiger partial charge in [0.25, 0.3) is 0 Å². The van der Waals surface area contributed by atoms with Crippen molar-refractivity contribution in [2.24, 2.45) is 0 Å². The minimum absolute atomic E-state index is 0.755. The molecule has 0 unspecified atom stereocenters. The number of ether oxygens (including phenoxy) is 1. The molecule has 0 radical (unpaired) electrons.